The van der Waals surface area contributed by atoms with Gasteiger partial charge in [0.25, 0.3) is 0 Å². The molecule has 1 fully saturated rings. The summed E-state index contributed by atoms with van der Waals surface area (Å²) in [6, 6.07) is 4.31. The average molecular weight is 515 g/mol. The Morgan fingerprint density at radius 2 is 1.94 bits per heavy atom. The van der Waals surface area contributed by atoms with Crippen molar-refractivity contribution >= 4 is 22.8 Å². The number of anilines is 2. The zero-order valence-electron chi connectivity index (χ0n) is 18.8. The van der Waals surface area contributed by atoms with Crippen LogP contribution in [0.25, 0.3) is 0 Å². The molecule has 2 aromatic heterocycles. The number of alkyl halides is 3. The molecule has 0 saturated carbocycles. The summed E-state index contributed by atoms with van der Waals surface area (Å²) in [5.74, 6) is -0.767. The maximum absolute atomic E-state index is 14.3. The van der Waals surface area contributed by atoms with Crippen molar-refractivity contribution in [2.45, 2.75) is 31.5 Å². The van der Waals surface area contributed by atoms with Crippen LogP contribution in [0, 0.1) is 5.82 Å². The summed E-state index contributed by atoms with van der Waals surface area (Å²) >= 11 is 0. The Kier molecular flexibility index (Phi) is 7.19. The van der Waals surface area contributed by atoms with E-state index in [4.69, 9.17) is 9.15 Å². The minimum absolute atomic E-state index is 0.0246. The monoisotopic (exact) mass is 514 g/mol. The van der Waals surface area contributed by atoms with Gasteiger partial charge in [-0.2, -0.15) is 13.2 Å². The van der Waals surface area contributed by atoms with Gasteiger partial charge < -0.3 is 19.0 Å². The lowest BCUT2D eigenvalue weighted by Crippen LogP contribution is -2.52. The van der Waals surface area contributed by atoms with Crippen LogP contribution in [0.1, 0.15) is 23.9 Å². The molecule has 3 heterocycles. The van der Waals surface area contributed by atoms with Gasteiger partial charge in [-0.15, -0.1) is 5.10 Å². The highest BCUT2D eigenvalue weighted by Crippen LogP contribution is 2.30. The van der Waals surface area contributed by atoms with Crippen LogP contribution < -0.4 is 14.5 Å². The van der Waals surface area contributed by atoms with E-state index in [1.807, 2.05) is 11.8 Å². The molecule has 3 aromatic rings. The maximum Gasteiger partial charge on any atom is 0.470 e. The van der Waals surface area contributed by atoms with E-state index in [1.54, 1.807) is 23.3 Å². The van der Waals surface area contributed by atoms with Crippen LogP contribution in [0.4, 0.5) is 29.5 Å². The van der Waals surface area contributed by atoms with Crippen LogP contribution in [0.5, 0.6) is 5.75 Å². The first-order chi connectivity index (χ1) is 16.6. The van der Waals surface area contributed by atoms with Crippen molar-refractivity contribution < 1.29 is 30.9 Å². The van der Waals surface area contributed by atoms with Gasteiger partial charge in [-0.25, -0.2) is 14.4 Å². The van der Waals surface area contributed by atoms with E-state index in [9.17, 15) is 21.8 Å². The summed E-state index contributed by atoms with van der Waals surface area (Å²) in [5, 5.41) is 6.57. The molecular weight excluding hydrogens is 492 g/mol. The lowest BCUT2D eigenvalue weighted by Gasteiger charge is -2.38. The summed E-state index contributed by atoms with van der Waals surface area (Å²) in [6.45, 7) is 2.95. The summed E-state index contributed by atoms with van der Waals surface area (Å²) in [5.41, 5.74) is 0.994. The van der Waals surface area contributed by atoms with Crippen molar-refractivity contribution in [2.75, 3.05) is 35.7 Å². The zero-order chi connectivity index (χ0) is 25.2. The van der Waals surface area contributed by atoms with E-state index in [1.165, 1.54) is 18.5 Å². The van der Waals surface area contributed by atoms with Crippen molar-refractivity contribution in [1.29, 1.82) is 0 Å². The molecule has 35 heavy (non-hydrogen) atoms. The maximum atomic E-state index is 14.3. The molecule has 1 aliphatic rings. The molecule has 2 atom stereocenters. The first-order valence-corrected chi connectivity index (χ1v) is 12.3. The molecule has 0 aliphatic carbocycles. The van der Waals surface area contributed by atoms with Crippen LogP contribution >= 0.6 is 0 Å². The van der Waals surface area contributed by atoms with Gasteiger partial charge in [0.1, 0.15) is 12.4 Å². The molecule has 4 rings (SSSR count). The largest absolute Gasteiger partial charge is 0.486 e. The smallest absolute Gasteiger partial charge is 0.470 e. The first kappa shape index (κ1) is 24.8. The van der Waals surface area contributed by atoms with Gasteiger partial charge >= 0.3 is 18.1 Å². The number of piperazine rings is 1. The van der Waals surface area contributed by atoms with Crippen molar-refractivity contribution in [3.63, 3.8) is 0 Å². The number of hydrogen-bond acceptors (Lipinski definition) is 9. The molecule has 9 nitrogen and oxygen atoms in total. The van der Waals surface area contributed by atoms with E-state index >= 15 is 0 Å². The van der Waals surface area contributed by atoms with Gasteiger partial charge in [0.15, 0.2) is 5.75 Å². The first-order valence-electron chi connectivity index (χ1n) is 10.5. The van der Waals surface area contributed by atoms with E-state index in [0.29, 0.717) is 42.5 Å². The fourth-order valence-electron chi connectivity index (χ4n) is 3.61. The Hall–Kier alpha value is -3.29. The quantitative estimate of drug-likeness (QED) is 0.441. The molecule has 1 saturated heterocycles. The fourth-order valence-corrected chi connectivity index (χ4v) is 4.26. The van der Waals surface area contributed by atoms with Crippen LogP contribution in [0.3, 0.4) is 0 Å². The predicted molar refractivity (Wildman–Crippen MR) is 119 cm³/mol. The molecule has 1 aliphatic heterocycles. The second kappa shape index (κ2) is 10.1. The highest BCUT2D eigenvalue weighted by Gasteiger charge is 2.39. The third kappa shape index (κ3) is 6.05. The molecule has 14 heteroatoms. The average Bonchev–Trinajstić information content (AvgIpc) is 3.30. The Morgan fingerprint density at radius 3 is 2.54 bits per heavy atom. The lowest BCUT2D eigenvalue weighted by atomic mass is 10.1. The molecule has 1 unspecified atom stereocenters. The zero-order valence-corrected chi connectivity index (χ0v) is 19.6. The predicted octanol–water partition coefficient (Wildman–Crippen LogP) is 3.19. The molecule has 0 spiro atoms. The Balaban J connectivity index is 1.33. The number of nitrogens with zero attached hydrogens (tertiary/aromatic N) is 6. The highest BCUT2D eigenvalue weighted by molar-refractivity contribution is 7.83. The Labute approximate surface area is 200 Å². The Morgan fingerprint density at radius 1 is 1.20 bits per heavy atom. The van der Waals surface area contributed by atoms with E-state index < -0.39 is 28.7 Å². The minimum atomic E-state index is -4.69. The second-order valence-corrected chi connectivity index (χ2v) is 9.46. The topological polar surface area (TPSA) is 97.5 Å². The molecule has 0 radical (unpaired) electrons. The minimum Gasteiger partial charge on any atom is -0.486 e. The van der Waals surface area contributed by atoms with Crippen molar-refractivity contribution in [3.05, 3.63) is 53.4 Å². The van der Waals surface area contributed by atoms with Gasteiger partial charge in [0.05, 0.1) is 12.4 Å². The van der Waals surface area contributed by atoms with Gasteiger partial charge in [-0.1, -0.05) is 17.2 Å². The standard InChI is InChI=1S/C21H22F4N6O3S/c1-13-10-30(20-29-28-18(34-20)21(23,24)25)5-6-31(13)19-26-8-16(9-27-19)33-11-15-4-3-14(7-17(15)22)12-35(2)32/h3-4,7-9,13H,5-6,10-12H2,1-2H3/t13-,35?/m1/s1. The van der Waals surface area contributed by atoms with E-state index in [0.717, 1.165) is 0 Å². The summed E-state index contributed by atoms with van der Waals surface area (Å²) in [6.07, 6.45) is -0.189. The van der Waals surface area contributed by atoms with Gasteiger partial charge in [0.2, 0.25) is 5.95 Å². The molecule has 0 N–H and O–H groups in total. The summed E-state index contributed by atoms with van der Waals surface area (Å²) in [4.78, 5) is 12.1. The summed E-state index contributed by atoms with van der Waals surface area (Å²) < 4.78 is 74.1. The van der Waals surface area contributed by atoms with Gasteiger partial charge in [-0.05, 0) is 18.6 Å². The molecule has 188 valence electrons. The summed E-state index contributed by atoms with van der Waals surface area (Å²) in [7, 11) is -1.06. The van der Waals surface area contributed by atoms with Crippen molar-refractivity contribution in [3.8, 4) is 5.75 Å². The SMILES string of the molecule is C[C@@H]1CN(c2nnc(C(F)(F)F)o2)CCN1c1ncc(OCc2ccc(CS(C)=O)cc2F)cn1. The number of benzene rings is 1. The van der Waals surface area contributed by atoms with Crippen LogP contribution in [-0.2, 0) is 29.3 Å². The normalized spacial score (nSPS) is 17.5. The van der Waals surface area contributed by atoms with Crippen LogP contribution in [0.2, 0.25) is 0 Å². The number of rotatable bonds is 7. The number of halogens is 4. The molecule has 0 bridgehead atoms. The lowest BCUT2D eigenvalue weighted by molar-refractivity contribution is -0.157. The number of hydrogen-bond donors (Lipinski definition) is 0. The van der Waals surface area contributed by atoms with Crippen LogP contribution in [-0.4, -0.2) is 56.3 Å². The van der Waals surface area contributed by atoms with Crippen molar-refractivity contribution in [2.24, 2.45) is 0 Å². The number of aromatic nitrogens is 4. The third-order valence-corrected chi connectivity index (χ3v) is 6.05. The molecule has 0 amide bonds. The highest BCUT2D eigenvalue weighted by atomic mass is 32.2. The van der Waals surface area contributed by atoms with E-state index in [-0.39, 0.29) is 24.4 Å². The fraction of sp³-hybridized carbons (Fsp3) is 0.429. The van der Waals surface area contributed by atoms with Crippen LogP contribution in [0.15, 0.2) is 35.0 Å². The third-order valence-electron chi connectivity index (χ3n) is 5.31. The molecular formula is C21H22F4N6O3S. The molecule has 1 aromatic carbocycles. The number of ether oxygens (including phenoxy) is 1. The van der Waals surface area contributed by atoms with Gasteiger partial charge in [-0.3, -0.25) is 4.21 Å². The van der Waals surface area contributed by atoms with E-state index in [2.05, 4.69) is 20.2 Å². The Bertz CT molecular complexity index is 1190. The van der Waals surface area contributed by atoms with Crippen molar-refractivity contribution in [1.82, 2.24) is 20.2 Å². The second-order valence-electron chi connectivity index (χ2n) is 8.03. The van der Waals surface area contributed by atoms with Gasteiger partial charge in [0, 0.05) is 54.0 Å².